The van der Waals surface area contributed by atoms with Gasteiger partial charge in [-0.1, -0.05) is 20.8 Å². The zero-order chi connectivity index (χ0) is 17.8. The van der Waals surface area contributed by atoms with E-state index >= 15 is 0 Å². The maximum Gasteiger partial charge on any atom is 0.305 e. The molecular formula is C22H36O3. The first-order chi connectivity index (χ1) is 11.9. The van der Waals surface area contributed by atoms with E-state index in [1.807, 2.05) is 6.92 Å². The van der Waals surface area contributed by atoms with Gasteiger partial charge in [0.2, 0.25) is 0 Å². The normalized spacial score (nSPS) is 52.0. The number of hydrogen-bond acceptors (Lipinski definition) is 3. The summed E-state index contributed by atoms with van der Waals surface area (Å²) < 4.78 is 5.89. The molecule has 0 saturated heterocycles. The zero-order valence-electron chi connectivity index (χ0n) is 16.3. The van der Waals surface area contributed by atoms with E-state index in [1.54, 1.807) is 0 Å². The number of carbonyl (C=O) groups is 1. The lowest BCUT2D eigenvalue weighted by Crippen LogP contribution is -2.54. The van der Waals surface area contributed by atoms with Crippen LogP contribution in [0.4, 0.5) is 0 Å². The molecule has 0 aromatic heterocycles. The summed E-state index contributed by atoms with van der Waals surface area (Å²) in [7, 11) is 0. The molecule has 3 nitrogen and oxygen atoms in total. The van der Waals surface area contributed by atoms with E-state index in [9.17, 15) is 9.90 Å². The molecule has 0 heterocycles. The summed E-state index contributed by atoms with van der Waals surface area (Å²) in [5, 5.41) is 10.1. The highest BCUT2D eigenvalue weighted by Gasteiger charge is 2.60. The second-order valence-corrected chi connectivity index (χ2v) is 10.0. The molecule has 3 heteroatoms. The molecular weight excluding hydrogens is 312 g/mol. The number of esters is 1. The summed E-state index contributed by atoms with van der Waals surface area (Å²) >= 11 is 0. The molecule has 4 saturated carbocycles. The minimum Gasteiger partial charge on any atom is -0.462 e. The van der Waals surface area contributed by atoms with Gasteiger partial charge in [0, 0.05) is 11.8 Å². The third-order valence-electron chi connectivity index (χ3n) is 9.11. The average molecular weight is 349 g/mol. The Balaban J connectivity index is 1.55. The summed E-state index contributed by atoms with van der Waals surface area (Å²) in [6.07, 6.45) is 11.2. The van der Waals surface area contributed by atoms with Crippen LogP contribution in [-0.2, 0) is 9.53 Å². The van der Waals surface area contributed by atoms with Crippen molar-refractivity contribution in [3.05, 3.63) is 0 Å². The molecule has 0 radical (unpaired) electrons. The van der Waals surface area contributed by atoms with Crippen LogP contribution in [0, 0.1) is 34.5 Å². The largest absolute Gasteiger partial charge is 0.462 e. The smallest absolute Gasteiger partial charge is 0.305 e. The van der Waals surface area contributed by atoms with Crippen molar-refractivity contribution in [3.8, 4) is 0 Å². The molecule has 0 spiro atoms. The molecule has 4 fully saturated rings. The van der Waals surface area contributed by atoms with Crippen LogP contribution in [0.15, 0.2) is 0 Å². The summed E-state index contributed by atoms with van der Waals surface area (Å²) in [4.78, 5) is 11.9. The molecule has 25 heavy (non-hydrogen) atoms. The minimum absolute atomic E-state index is 0.0223. The minimum atomic E-state index is -0.0622. The van der Waals surface area contributed by atoms with Crippen molar-refractivity contribution in [1.82, 2.24) is 0 Å². The monoisotopic (exact) mass is 348 g/mol. The third kappa shape index (κ3) is 2.67. The molecule has 0 amide bonds. The SMILES string of the molecule is CCC(=O)OC1CC[C@H]2[C@@H]3CC[C@H]4CC(O)CC[C@]4(C)[C@H]3CC[C@]12C. The van der Waals surface area contributed by atoms with Crippen LogP contribution in [0.1, 0.15) is 85.0 Å². The van der Waals surface area contributed by atoms with Crippen LogP contribution in [0.25, 0.3) is 0 Å². The summed E-state index contributed by atoms with van der Waals surface area (Å²) in [6.45, 7) is 6.84. The first-order valence-electron chi connectivity index (χ1n) is 10.8. The Morgan fingerprint density at radius 2 is 1.72 bits per heavy atom. The van der Waals surface area contributed by atoms with Gasteiger partial charge in [0.15, 0.2) is 0 Å². The molecule has 4 aliphatic carbocycles. The van der Waals surface area contributed by atoms with Crippen molar-refractivity contribution in [2.75, 3.05) is 0 Å². The van der Waals surface area contributed by atoms with Crippen molar-refractivity contribution < 1.29 is 14.6 Å². The molecule has 2 unspecified atom stereocenters. The average Bonchev–Trinajstić information content (AvgIpc) is 2.92. The van der Waals surface area contributed by atoms with Crippen LogP contribution in [0.5, 0.6) is 0 Å². The van der Waals surface area contributed by atoms with Gasteiger partial charge in [-0.05, 0) is 86.9 Å². The molecule has 8 atom stereocenters. The Morgan fingerprint density at radius 1 is 1.00 bits per heavy atom. The van der Waals surface area contributed by atoms with Gasteiger partial charge < -0.3 is 9.84 Å². The Labute approximate surface area is 152 Å². The number of fused-ring (bicyclic) bond motifs is 5. The second kappa shape index (κ2) is 6.25. The molecule has 0 aromatic carbocycles. The first-order valence-corrected chi connectivity index (χ1v) is 10.8. The lowest BCUT2D eigenvalue weighted by molar-refractivity contribution is -0.165. The quantitative estimate of drug-likeness (QED) is 0.735. The van der Waals surface area contributed by atoms with Crippen molar-refractivity contribution in [2.45, 2.75) is 97.2 Å². The summed E-state index contributed by atoms with van der Waals surface area (Å²) in [6, 6.07) is 0. The topological polar surface area (TPSA) is 46.5 Å². The standard InChI is InChI=1S/C22H36O3/c1-4-20(24)25-19-8-7-17-16-6-5-14-13-15(23)9-11-21(14,2)18(16)10-12-22(17,19)3/h14-19,23H,4-13H2,1-3H3/t14-,15?,16-,17-,18-,19?,21-,22-/m0/s1. The number of hydrogen-bond donors (Lipinski definition) is 1. The predicted octanol–water partition coefficient (Wildman–Crippen LogP) is 4.71. The Kier molecular flexibility index (Phi) is 4.46. The van der Waals surface area contributed by atoms with Crippen LogP contribution < -0.4 is 0 Å². The van der Waals surface area contributed by atoms with Crippen molar-refractivity contribution in [2.24, 2.45) is 34.5 Å². The van der Waals surface area contributed by atoms with E-state index in [0.29, 0.717) is 11.8 Å². The van der Waals surface area contributed by atoms with E-state index in [4.69, 9.17) is 4.74 Å². The van der Waals surface area contributed by atoms with E-state index in [1.165, 1.54) is 38.5 Å². The molecule has 0 bridgehead atoms. The predicted molar refractivity (Wildman–Crippen MR) is 97.9 cm³/mol. The Hall–Kier alpha value is -0.570. The maximum atomic E-state index is 11.9. The molecule has 0 aromatic rings. The van der Waals surface area contributed by atoms with Crippen molar-refractivity contribution in [3.63, 3.8) is 0 Å². The van der Waals surface area contributed by atoms with Crippen molar-refractivity contribution >= 4 is 5.97 Å². The van der Waals surface area contributed by atoms with Crippen LogP contribution in [0.3, 0.4) is 0 Å². The van der Waals surface area contributed by atoms with Gasteiger partial charge in [-0.3, -0.25) is 4.79 Å². The maximum absolute atomic E-state index is 11.9. The molecule has 0 aliphatic heterocycles. The van der Waals surface area contributed by atoms with Crippen molar-refractivity contribution in [1.29, 1.82) is 0 Å². The number of carbonyl (C=O) groups excluding carboxylic acids is 1. The first kappa shape index (κ1) is 17.8. The molecule has 4 rings (SSSR count). The van der Waals surface area contributed by atoms with E-state index in [2.05, 4.69) is 13.8 Å². The van der Waals surface area contributed by atoms with Gasteiger partial charge in [-0.2, -0.15) is 0 Å². The number of aliphatic hydroxyl groups is 1. The van der Waals surface area contributed by atoms with Crippen LogP contribution in [0.2, 0.25) is 0 Å². The van der Waals surface area contributed by atoms with Gasteiger partial charge in [0.1, 0.15) is 6.10 Å². The second-order valence-electron chi connectivity index (χ2n) is 10.0. The van der Waals surface area contributed by atoms with E-state index in [-0.39, 0.29) is 23.6 Å². The lowest BCUT2D eigenvalue weighted by Gasteiger charge is -2.60. The van der Waals surface area contributed by atoms with Gasteiger partial charge in [0.05, 0.1) is 6.10 Å². The van der Waals surface area contributed by atoms with E-state index in [0.717, 1.165) is 42.9 Å². The van der Waals surface area contributed by atoms with Gasteiger partial charge in [-0.15, -0.1) is 0 Å². The Morgan fingerprint density at radius 3 is 2.48 bits per heavy atom. The fourth-order valence-electron chi connectivity index (χ4n) is 7.62. The van der Waals surface area contributed by atoms with Gasteiger partial charge in [-0.25, -0.2) is 0 Å². The van der Waals surface area contributed by atoms with Crippen LogP contribution in [-0.4, -0.2) is 23.3 Å². The fraction of sp³-hybridized carbons (Fsp3) is 0.955. The highest BCUT2D eigenvalue weighted by Crippen LogP contribution is 2.66. The molecule has 1 N–H and O–H groups in total. The van der Waals surface area contributed by atoms with E-state index < -0.39 is 0 Å². The summed E-state index contributed by atoms with van der Waals surface area (Å²) in [5.41, 5.74) is 0.630. The van der Waals surface area contributed by atoms with Gasteiger partial charge >= 0.3 is 5.97 Å². The number of ether oxygens (including phenoxy) is 1. The van der Waals surface area contributed by atoms with Crippen LogP contribution >= 0.6 is 0 Å². The Bertz CT molecular complexity index is 531. The number of rotatable bonds is 2. The zero-order valence-corrected chi connectivity index (χ0v) is 16.3. The molecule has 4 aliphatic rings. The lowest BCUT2D eigenvalue weighted by atomic mass is 9.45. The fourth-order valence-corrected chi connectivity index (χ4v) is 7.62. The highest BCUT2D eigenvalue weighted by molar-refractivity contribution is 5.69. The number of aliphatic hydroxyl groups excluding tert-OH is 1. The van der Waals surface area contributed by atoms with Gasteiger partial charge in [0.25, 0.3) is 0 Å². The third-order valence-corrected chi connectivity index (χ3v) is 9.11. The molecule has 142 valence electrons. The highest BCUT2D eigenvalue weighted by atomic mass is 16.5. The summed E-state index contributed by atoms with van der Waals surface area (Å²) in [5.74, 6) is 3.05.